The molecule has 0 fully saturated rings. The van der Waals surface area contributed by atoms with Gasteiger partial charge in [0.05, 0.1) is 17.1 Å². The van der Waals surface area contributed by atoms with Crippen LogP contribution >= 0.6 is 0 Å². The van der Waals surface area contributed by atoms with Crippen LogP contribution in [-0.4, -0.2) is 52.8 Å². The van der Waals surface area contributed by atoms with Gasteiger partial charge in [0.15, 0.2) is 5.96 Å². The van der Waals surface area contributed by atoms with Crippen LogP contribution in [0, 0.1) is 0 Å². The predicted octanol–water partition coefficient (Wildman–Crippen LogP) is 2.01. The zero-order valence-corrected chi connectivity index (χ0v) is 31.3. The first kappa shape index (κ1) is 43.4. The number of nitrogens with two attached hydrogens (primary N) is 8. The molecule has 2 amide bonds. The Bertz CT molecular complexity index is 1630. The molecule has 2 aromatic carbocycles. The fourth-order valence-corrected chi connectivity index (χ4v) is 4.80. The van der Waals surface area contributed by atoms with Gasteiger partial charge < -0.3 is 56.5 Å². The fourth-order valence-electron chi connectivity index (χ4n) is 4.80. The van der Waals surface area contributed by atoms with Crippen LogP contribution in [0.15, 0.2) is 78.2 Å². The Hall–Kier alpha value is -6.79. The third-order valence-corrected chi connectivity index (χ3v) is 7.55. The molecule has 0 aliphatic carbocycles. The molecule has 0 aliphatic heterocycles. The Morgan fingerprint density at radius 2 is 0.815 bits per heavy atom. The number of hydrogen-bond donors (Lipinski definition) is 10. The lowest BCUT2D eigenvalue weighted by atomic mass is 10.0. The Morgan fingerprint density at radius 1 is 0.481 bits per heavy atom. The molecule has 0 spiro atoms. The van der Waals surface area contributed by atoms with E-state index in [-0.39, 0.29) is 35.7 Å². The molecule has 0 unspecified atom stereocenters. The van der Waals surface area contributed by atoms with Crippen LogP contribution < -0.4 is 56.5 Å². The van der Waals surface area contributed by atoms with Crippen LogP contribution in [0.2, 0.25) is 0 Å². The molecule has 0 saturated carbocycles. The monoisotopic (exact) mass is 743 g/mol. The van der Waals surface area contributed by atoms with E-state index in [0.717, 1.165) is 36.8 Å². The van der Waals surface area contributed by atoms with Crippen molar-refractivity contribution in [3.05, 3.63) is 64.9 Å². The minimum Gasteiger partial charge on any atom is -0.370 e. The summed E-state index contributed by atoms with van der Waals surface area (Å²) in [6.07, 6.45) is 7.22. The lowest BCUT2D eigenvalue weighted by molar-refractivity contribution is -0.117. The highest BCUT2D eigenvalue weighted by Gasteiger charge is 2.11. The quantitative estimate of drug-likeness (QED) is 0.0432. The van der Waals surface area contributed by atoms with Crippen LogP contribution in [0.1, 0.15) is 101 Å². The summed E-state index contributed by atoms with van der Waals surface area (Å²) in [5.41, 5.74) is 49.7. The van der Waals surface area contributed by atoms with Crippen molar-refractivity contribution in [1.29, 1.82) is 0 Å². The molecule has 19 nitrogen and oxygen atoms in total. The molecular formula is C35H53N17O2. The molecule has 0 bridgehead atoms. The van der Waals surface area contributed by atoms with Crippen LogP contribution in [0.4, 0.5) is 11.4 Å². The van der Waals surface area contributed by atoms with Crippen molar-refractivity contribution in [2.75, 3.05) is 10.6 Å². The van der Waals surface area contributed by atoms with E-state index in [0.29, 0.717) is 70.9 Å². The molecule has 290 valence electrons. The average Bonchev–Trinajstić information content (AvgIpc) is 3.11. The Labute approximate surface area is 315 Å². The second kappa shape index (κ2) is 22.2. The summed E-state index contributed by atoms with van der Waals surface area (Å²) in [7, 11) is 0. The van der Waals surface area contributed by atoms with E-state index in [1.807, 2.05) is 19.1 Å². The van der Waals surface area contributed by atoms with Crippen LogP contribution in [0.25, 0.3) is 5.57 Å². The van der Waals surface area contributed by atoms with E-state index >= 15 is 0 Å². The summed E-state index contributed by atoms with van der Waals surface area (Å²) in [6.45, 7) is 7.05. The summed E-state index contributed by atoms with van der Waals surface area (Å²) in [5.74, 6) is -0.877. The van der Waals surface area contributed by atoms with Crippen molar-refractivity contribution in [3.63, 3.8) is 0 Å². The first-order valence-electron chi connectivity index (χ1n) is 17.1. The predicted molar refractivity (Wildman–Crippen MR) is 221 cm³/mol. The molecular weight excluding hydrogens is 691 g/mol. The number of anilines is 2. The Morgan fingerprint density at radius 3 is 1.17 bits per heavy atom. The van der Waals surface area contributed by atoms with Gasteiger partial charge in [0.1, 0.15) is 0 Å². The smallest absolute Gasteiger partial charge is 0.224 e. The maximum atomic E-state index is 12.8. The number of unbranched alkanes of at least 4 members (excludes halogenated alkanes) is 5. The number of rotatable bonds is 19. The molecule has 0 aromatic heterocycles. The van der Waals surface area contributed by atoms with Gasteiger partial charge in [-0.2, -0.15) is 15.3 Å². The van der Waals surface area contributed by atoms with Gasteiger partial charge in [-0.25, -0.2) is 4.99 Å². The van der Waals surface area contributed by atoms with Gasteiger partial charge in [0.25, 0.3) is 0 Å². The summed E-state index contributed by atoms with van der Waals surface area (Å²) in [5, 5.41) is 29.2. The highest BCUT2D eigenvalue weighted by Crippen LogP contribution is 2.23. The van der Waals surface area contributed by atoms with E-state index in [1.165, 1.54) is 6.20 Å². The zero-order chi connectivity index (χ0) is 40.2. The van der Waals surface area contributed by atoms with Gasteiger partial charge in [0, 0.05) is 47.1 Å². The second-order valence-electron chi connectivity index (χ2n) is 12.3. The van der Waals surface area contributed by atoms with E-state index in [1.54, 1.807) is 45.0 Å². The summed E-state index contributed by atoms with van der Waals surface area (Å²) in [4.78, 5) is 29.6. The number of carbonyl (C=O) groups excluding carboxylic acids is 2. The molecule has 0 saturated heterocycles. The van der Waals surface area contributed by atoms with Crippen molar-refractivity contribution in [3.8, 4) is 0 Å². The molecule has 54 heavy (non-hydrogen) atoms. The second-order valence-corrected chi connectivity index (χ2v) is 12.3. The Balaban J connectivity index is 1.91. The number of nitrogens with one attached hydrogen (secondary N) is 2. The van der Waals surface area contributed by atoms with Crippen molar-refractivity contribution in [1.82, 2.24) is 0 Å². The average molecular weight is 744 g/mol. The van der Waals surface area contributed by atoms with Crippen LogP contribution in [0.3, 0.4) is 0 Å². The number of allylic oxidation sites excluding steroid dienone is 1. The molecule has 2 aromatic rings. The van der Waals surface area contributed by atoms with E-state index in [2.05, 4.69) is 46.2 Å². The minimum absolute atomic E-state index is 0.0742. The van der Waals surface area contributed by atoms with Gasteiger partial charge in [-0.1, -0.05) is 25.7 Å². The first-order chi connectivity index (χ1) is 25.5. The van der Waals surface area contributed by atoms with Crippen LogP contribution in [-0.2, 0) is 9.59 Å². The highest BCUT2D eigenvalue weighted by molar-refractivity contribution is 6.06. The molecule has 2 rings (SSSR count). The normalized spacial score (nSPS) is 12.0. The fraction of sp³-hybridized carbons (Fsp3) is 0.343. The summed E-state index contributed by atoms with van der Waals surface area (Å²) in [6, 6.07) is 10.8. The van der Waals surface area contributed by atoms with Gasteiger partial charge in [0.2, 0.25) is 29.7 Å². The molecule has 18 N–H and O–H groups in total. The lowest BCUT2D eigenvalue weighted by Gasteiger charge is -2.11. The van der Waals surface area contributed by atoms with Crippen molar-refractivity contribution in [2.45, 2.75) is 79.1 Å². The standard InChI is InChI=1S/C35H53N17O2/c1-20(19-44-32(36)37)24-13-25(21(2)47-50-33(38)39)16-28(15-24)45-30(53)11-9-7-5-6-8-10-12-31(54)46-29-17-26(22(3)48-51-34(40)41)14-27(18-29)23(4)49-52-35(42)43/h13-19H,5-12H2,1-4H3,(H,45,53)(H,46,54)(H4,36,37,44)(H4,38,39,50)(H4,40,41,51)(H4,42,43,52)/b20-19+,47-21+,48-22+,49-23+. The third kappa shape index (κ3) is 16.9. The van der Waals surface area contributed by atoms with Crippen molar-refractivity contribution in [2.24, 2.45) is 81.5 Å². The van der Waals surface area contributed by atoms with E-state index < -0.39 is 0 Å². The number of amides is 2. The lowest BCUT2D eigenvalue weighted by Crippen LogP contribution is -2.22. The van der Waals surface area contributed by atoms with Crippen molar-refractivity contribution < 1.29 is 9.59 Å². The molecule has 0 radical (unpaired) electrons. The number of guanidine groups is 4. The SMILES string of the molecule is C/C(=C\N=C(N)N)c1cc(NC(=O)CCCCCCCCC(=O)Nc2cc(/C(C)=N/N=C(N)N)cc(/C(C)=N/N=C(N)N)c2)cc(/C(C)=N/N=C(N)N)c1. The molecule has 0 heterocycles. The van der Waals surface area contributed by atoms with E-state index in [9.17, 15) is 9.59 Å². The van der Waals surface area contributed by atoms with Gasteiger partial charge in [-0.15, -0.1) is 15.3 Å². The maximum absolute atomic E-state index is 12.8. The minimum atomic E-state index is -0.184. The molecule has 0 aliphatic rings. The zero-order valence-electron chi connectivity index (χ0n) is 31.3. The molecule has 19 heteroatoms. The molecule has 0 atom stereocenters. The number of benzene rings is 2. The van der Waals surface area contributed by atoms with Gasteiger partial charge in [-0.05, 0) is 88.1 Å². The maximum Gasteiger partial charge on any atom is 0.224 e. The number of carbonyl (C=O) groups is 2. The topological polar surface area (TPSA) is 353 Å². The third-order valence-electron chi connectivity index (χ3n) is 7.55. The van der Waals surface area contributed by atoms with Crippen molar-refractivity contribution >= 4 is 69.7 Å². The number of nitrogens with zero attached hydrogens (tertiary/aromatic N) is 7. The summed E-state index contributed by atoms with van der Waals surface area (Å²) < 4.78 is 0. The largest absolute Gasteiger partial charge is 0.370 e. The van der Waals surface area contributed by atoms with Gasteiger partial charge >= 0.3 is 0 Å². The van der Waals surface area contributed by atoms with Gasteiger partial charge in [-0.3, -0.25) is 9.59 Å². The summed E-state index contributed by atoms with van der Waals surface area (Å²) >= 11 is 0. The number of aliphatic imine (C=N–C) groups is 1. The van der Waals surface area contributed by atoms with E-state index in [4.69, 9.17) is 45.9 Å². The number of hydrogen-bond acceptors (Lipinski definition) is 9. The van der Waals surface area contributed by atoms with Crippen LogP contribution in [0.5, 0.6) is 0 Å². The first-order valence-corrected chi connectivity index (χ1v) is 17.1. The Kier molecular flexibility index (Phi) is 17.8. The highest BCUT2D eigenvalue weighted by atomic mass is 16.2.